The third-order valence-corrected chi connectivity index (χ3v) is 12.3. The molecule has 14 heteroatoms. The molecule has 0 radical (unpaired) electrons. The smallest absolute Gasteiger partial charge is 0.319 e. The molecule has 4 aromatic rings. The number of thiophene rings is 1. The Bertz CT molecular complexity index is 2090. The quantitative estimate of drug-likeness (QED) is 0.294. The first-order chi connectivity index (χ1) is 23.2. The number of hydrogen-bond donors (Lipinski definition) is 2. The molecule has 0 bridgehead atoms. The summed E-state index contributed by atoms with van der Waals surface area (Å²) < 4.78 is 54.8. The van der Waals surface area contributed by atoms with Crippen molar-refractivity contribution in [2.24, 2.45) is 5.41 Å². The Morgan fingerprint density at radius 2 is 1.94 bits per heavy atom. The minimum Gasteiger partial charge on any atom is -0.461 e. The molecule has 1 aliphatic carbocycles. The van der Waals surface area contributed by atoms with Crippen molar-refractivity contribution in [3.05, 3.63) is 39.7 Å². The molecule has 48 heavy (non-hydrogen) atoms. The van der Waals surface area contributed by atoms with Gasteiger partial charge in [-0.25, -0.2) is 13.2 Å². The van der Waals surface area contributed by atoms with Gasteiger partial charge in [-0.3, -0.25) is 9.69 Å². The van der Waals surface area contributed by atoms with Crippen LogP contribution in [0.25, 0.3) is 32.2 Å². The van der Waals surface area contributed by atoms with Gasteiger partial charge in [-0.05, 0) is 70.3 Å². The molecule has 1 spiro atoms. The minimum atomic E-state index is -0.942. The second kappa shape index (κ2) is 10.8. The molecule has 9 rings (SSSR count). The number of alkyl halides is 1. The van der Waals surface area contributed by atoms with Crippen LogP contribution in [0.2, 0.25) is 0 Å². The van der Waals surface area contributed by atoms with Crippen molar-refractivity contribution < 1.29 is 17.9 Å². The van der Waals surface area contributed by atoms with Gasteiger partial charge in [0.2, 0.25) is 0 Å². The predicted molar refractivity (Wildman–Crippen MR) is 177 cm³/mol. The van der Waals surface area contributed by atoms with Crippen molar-refractivity contribution in [2.45, 2.75) is 62.7 Å². The summed E-state index contributed by atoms with van der Waals surface area (Å²) in [5.41, 5.74) is 5.31. The van der Waals surface area contributed by atoms with E-state index in [1.807, 2.05) is 4.90 Å². The molecule has 1 saturated carbocycles. The van der Waals surface area contributed by atoms with E-state index in [-0.39, 0.29) is 66.9 Å². The highest BCUT2D eigenvalue weighted by molar-refractivity contribution is 7.23. The fraction of sp³-hybridized carbons (Fsp3) is 0.529. The summed E-state index contributed by atoms with van der Waals surface area (Å²) >= 11 is 0.921. The lowest BCUT2D eigenvalue weighted by atomic mass is 9.72. The molecule has 1 aromatic carbocycles. The van der Waals surface area contributed by atoms with E-state index < -0.39 is 28.9 Å². The zero-order valence-electron chi connectivity index (χ0n) is 26.3. The standard InChI is InChI=1S/C34H35F3N8O2S/c35-18-12-34(6-1-11-44(34)14-18)17-47-32-41-26-24(30(42-32)43-15-33(16-43)7-9-40-10-8-33)31(46)45(19-2-3-19)27(25(26)37)20-4-5-22(36)28-23(20)21(13-38)29(39)48-28/h4-5,18-19,40H,1-3,6-12,14-17,39H2/t18-,34+/m1/s1. The van der Waals surface area contributed by atoms with E-state index >= 15 is 8.78 Å². The SMILES string of the molecule is N#Cc1c(N)sc2c(F)ccc(-c3c(F)c4nc(OC[C@@]56CCCN5C[C@H](F)C6)nc(N5CC6(CCNCC6)C5)c4c(=O)n3C3CC3)c12. The van der Waals surface area contributed by atoms with Crippen LogP contribution in [-0.4, -0.2) is 77.0 Å². The lowest BCUT2D eigenvalue weighted by molar-refractivity contribution is 0.107. The van der Waals surface area contributed by atoms with Crippen molar-refractivity contribution in [1.29, 1.82) is 5.26 Å². The number of nitrogens with two attached hydrogens (primary N) is 1. The fourth-order valence-corrected chi connectivity index (χ4v) is 9.73. The summed E-state index contributed by atoms with van der Waals surface area (Å²) in [4.78, 5) is 28.1. The van der Waals surface area contributed by atoms with Gasteiger partial charge in [-0.2, -0.15) is 15.2 Å². The highest BCUT2D eigenvalue weighted by Gasteiger charge is 2.50. The number of pyridine rings is 1. The highest BCUT2D eigenvalue weighted by Crippen LogP contribution is 2.47. The van der Waals surface area contributed by atoms with E-state index in [4.69, 9.17) is 15.5 Å². The largest absolute Gasteiger partial charge is 0.461 e. The topological polar surface area (TPSA) is 125 Å². The number of nitrogens with zero attached hydrogens (tertiary/aromatic N) is 6. The summed E-state index contributed by atoms with van der Waals surface area (Å²) in [6, 6.07) is 4.34. The van der Waals surface area contributed by atoms with E-state index in [2.05, 4.69) is 21.3 Å². The molecule has 4 saturated heterocycles. The molecule has 0 unspecified atom stereocenters. The van der Waals surface area contributed by atoms with Crippen LogP contribution in [0.4, 0.5) is 24.0 Å². The van der Waals surface area contributed by atoms with E-state index in [1.165, 1.54) is 16.7 Å². The number of nitrogen functional groups attached to an aromatic ring is 1. The number of halogens is 3. The number of rotatable bonds is 6. The van der Waals surface area contributed by atoms with E-state index in [1.54, 1.807) is 0 Å². The number of anilines is 2. The maximum atomic E-state index is 17.4. The number of ether oxygens (including phenoxy) is 1. The van der Waals surface area contributed by atoms with Gasteiger partial charge in [0.05, 0.1) is 21.5 Å². The van der Waals surface area contributed by atoms with Gasteiger partial charge in [-0.1, -0.05) is 0 Å². The molecular weight excluding hydrogens is 641 g/mol. The van der Waals surface area contributed by atoms with E-state index in [0.717, 1.165) is 56.7 Å². The van der Waals surface area contributed by atoms with Crippen molar-refractivity contribution in [3.8, 4) is 23.3 Å². The molecule has 0 amide bonds. The van der Waals surface area contributed by atoms with Gasteiger partial charge < -0.3 is 25.3 Å². The molecule has 5 aliphatic rings. The van der Waals surface area contributed by atoms with Crippen LogP contribution < -0.4 is 26.2 Å². The second-order valence-electron chi connectivity index (χ2n) is 14.3. The summed E-state index contributed by atoms with van der Waals surface area (Å²) in [5.74, 6) is -1.02. The minimum absolute atomic E-state index is 0.0437. The first-order valence-electron chi connectivity index (χ1n) is 16.8. The summed E-state index contributed by atoms with van der Waals surface area (Å²) in [5, 5.41) is 13.8. The highest BCUT2D eigenvalue weighted by atomic mass is 32.1. The van der Waals surface area contributed by atoms with Crippen molar-refractivity contribution in [2.75, 3.05) is 56.5 Å². The van der Waals surface area contributed by atoms with Gasteiger partial charge in [0, 0.05) is 48.5 Å². The number of piperidine rings is 1. The summed E-state index contributed by atoms with van der Waals surface area (Å²) in [6.45, 7) is 4.48. The van der Waals surface area contributed by atoms with Crippen molar-refractivity contribution in [3.63, 3.8) is 0 Å². The van der Waals surface area contributed by atoms with Gasteiger partial charge in [0.25, 0.3) is 5.56 Å². The number of fused-ring (bicyclic) bond motifs is 3. The Kier molecular flexibility index (Phi) is 6.78. The zero-order chi connectivity index (χ0) is 32.9. The molecule has 5 fully saturated rings. The van der Waals surface area contributed by atoms with Crippen LogP contribution in [-0.2, 0) is 0 Å². The lowest BCUT2D eigenvalue weighted by Gasteiger charge is -2.53. The molecule has 250 valence electrons. The van der Waals surface area contributed by atoms with Crippen LogP contribution >= 0.6 is 11.3 Å². The number of nitriles is 1. The van der Waals surface area contributed by atoms with E-state index in [0.29, 0.717) is 44.7 Å². The lowest BCUT2D eigenvalue weighted by Crippen LogP contribution is -2.60. The Balaban J connectivity index is 1.24. The fourth-order valence-electron chi connectivity index (χ4n) is 8.78. The third-order valence-electron chi connectivity index (χ3n) is 11.3. The zero-order valence-corrected chi connectivity index (χ0v) is 27.1. The maximum absolute atomic E-state index is 17.4. The molecule has 3 N–H and O–H groups in total. The van der Waals surface area contributed by atoms with Crippen LogP contribution in [0.1, 0.15) is 56.6 Å². The normalized spacial score (nSPS) is 25.1. The Labute approximate surface area is 278 Å². The first-order valence-corrected chi connectivity index (χ1v) is 17.6. The van der Waals surface area contributed by atoms with Gasteiger partial charge >= 0.3 is 6.01 Å². The number of benzene rings is 1. The molecule has 7 heterocycles. The second-order valence-corrected chi connectivity index (χ2v) is 15.4. The Morgan fingerprint density at radius 1 is 1.15 bits per heavy atom. The molecule has 3 aromatic heterocycles. The van der Waals surface area contributed by atoms with Crippen molar-refractivity contribution in [1.82, 2.24) is 24.8 Å². The van der Waals surface area contributed by atoms with Gasteiger partial charge in [-0.15, -0.1) is 11.3 Å². The molecule has 4 aliphatic heterocycles. The van der Waals surface area contributed by atoms with E-state index in [9.17, 15) is 14.4 Å². The molecule has 10 nitrogen and oxygen atoms in total. The maximum Gasteiger partial charge on any atom is 0.319 e. The van der Waals surface area contributed by atoms with Gasteiger partial charge in [0.15, 0.2) is 5.82 Å². The Hall–Kier alpha value is -3.93. The molecule has 2 atom stereocenters. The average Bonchev–Trinajstić information content (AvgIpc) is 3.63. The average molecular weight is 677 g/mol. The number of hydrogen-bond acceptors (Lipinski definition) is 10. The van der Waals surface area contributed by atoms with Crippen LogP contribution in [0.3, 0.4) is 0 Å². The van der Waals surface area contributed by atoms with Crippen LogP contribution in [0.5, 0.6) is 6.01 Å². The van der Waals surface area contributed by atoms with Crippen molar-refractivity contribution >= 4 is 43.1 Å². The number of nitrogens with one attached hydrogen (secondary N) is 1. The predicted octanol–water partition coefficient (Wildman–Crippen LogP) is 4.89. The third kappa shape index (κ3) is 4.46. The summed E-state index contributed by atoms with van der Waals surface area (Å²) in [6.07, 6.45) is 4.47. The first kappa shape index (κ1) is 30.2. The molecular formula is C34H35F3N8O2S. The van der Waals surface area contributed by atoms with Crippen LogP contribution in [0, 0.1) is 28.4 Å². The van der Waals surface area contributed by atoms with Crippen LogP contribution in [0.15, 0.2) is 16.9 Å². The monoisotopic (exact) mass is 676 g/mol. The number of aromatic nitrogens is 3. The Morgan fingerprint density at radius 3 is 2.69 bits per heavy atom. The van der Waals surface area contributed by atoms with Gasteiger partial charge in [0.1, 0.15) is 46.4 Å². The summed E-state index contributed by atoms with van der Waals surface area (Å²) in [7, 11) is 0.